The molecule has 4 nitrogen and oxygen atoms in total. The third-order valence-corrected chi connectivity index (χ3v) is 6.81. The quantitative estimate of drug-likeness (QED) is 0.494. The molecule has 2 aliphatic rings. The van der Waals surface area contributed by atoms with Crippen LogP contribution in [-0.2, 0) is 10.9 Å². The molecule has 0 amide bonds. The average Bonchev–Trinajstić information content (AvgIpc) is 2.63. The second kappa shape index (κ2) is 7.36. The fraction of sp³-hybridized carbons (Fsp3) is 0.769. The van der Waals surface area contributed by atoms with E-state index < -0.39 is 0 Å². The van der Waals surface area contributed by atoms with E-state index in [2.05, 4.69) is 25.7 Å². The van der Waals surface area contributed by atoms with Crippen LogP contribution >= 0.6 is 57.8 Å². The van der Waals surface area contributed by atoms with E-state index in [0.717, 1.165) is 24.4 Å². The molecule has 1 fully saturated rings. The van der Waals surface area contributed by atoms with Gasteiger partial charge in [-0.1, -0.05) is 13.8 Å². The van der Waals surface area contributed by atoms with E-state index in [0.29, 0.717) is 17.9 Å². The van der Waals surface area contributed by atoms with Crippen LogP contribution in [0.1, 0.15) is 27.2 Å². The fourth-order valence-electron chi connectivity index (χ4n) is 3.10. The van der Waals surface area contributed by atoms with Gasteiger partial charge in [0.1, 0.15) is 28.7 Å². The molecule has 20 heavy (non-hydrogen) atoms. The number of fused-ring (bicyclic) bond motifs is 1. The maximum atomic E-state index is 12.1. The van der Waals surface area contributed by atoms with Crippen molar-refractivity contribution in [1.82, 2.24) is 4.90 Å². The molecular formula is C13H19I2NO3S. The highest BCUT2D eigenvalue weighted by molar-refractivity contribution is 14.1. The minimum absolute atomic E-state index is 0.208. The number of carbonyl (C=O) groups excluding carboxylic acids is 1. The molecule has 114 valence electrons. The molecule has 2 heterocycles. The molecule has 4 unspecified atom stereocenters. The van der Waals surface area contributed by atoms with Gasteiger partial charge in [0.2, 0.25) is 0 Å². The van der Waals surface area contributed by atoms with E-state index in [9.17, 15) is 4.79 Å². The van der Waals surface area contributed by atoms with Gasteiger partial charge in [-0.15, -0.1) is 11.8 Å². The van der Waals surface area contributed by atoms with Crippen LogP contribution < -0.4 is 0 Å². The van der Waals surface area contributed by atoms with Crippen LogP contribution in [-0.4, -0.2) is 35.3 Å². The second-order valence-electron chi connectivity index (χ2n) is 5.32. The Bertz CT molecular complexity index is 418. The second-order valence-corrected chi connectivity index (χ2v) is 7.40. The third-order valence-electron chi connectivity index (χ3n) is 4.12. The summed E-state index contributed by atoms with van der Waals surface area (Å²) in [5, 5.41) is 0. The molecule has 1 saturated heterocycles. The molecule has 0 aliphatic carbocycles. The Balaban J connectivity index is 2.21. The van der Waals surface area contributed by atoms with E-state index in [1.54, 1.807) is 34.8 Å². The number of nitrogens with zero attached hydrogens (tertiary/aromatic N) is 1. The van der Waals surface area contributed by atoms with Crippen molar-refractivity contribution in [3.8, 4) is 0 Å². The van der Waals surface area contributed by atoms with Gasteiger partial charge in [0.15, 0.2) is 23.0 Å². The van der Waals surface area contributed by atoms with E-state index >= 15 is 0 Å². The van der Waals surface area contributed by atoms with Gasteiger partial charge in [-0.2, -0.15) is 0 Å². The largest absolute Gasteiger partial charge is 0.390 e. The van der Waals surface area contributed by atoms with Crippen molar-refractivity contribution in [1.29, 1.82) is 0 Å². The number of halogens is 2. The highest BCUT2D eigenvalue weighted by Gasteiger charge is 2.54. The lowest BCUT2D eigenvalue weighted by atomic mass is 9.80. The molecule has 0 aromatic heterocycles. The maximum absolute atomic E-state index is 12.1. The summed E-state index contributed by atoms with van der Waals surface area (Å²) in [6.45, 7) is 7.37. The smallest absolute Gasteiger partial charge is 0.364 e. The van der Waals surface area contributed by atoms with Crippen LogP contribution in [0.3, 0.4) is 0 Å². The first-order valence-electron chi connectivity index (χ1n) is 6.80. The average molecular weight is 523 g/mol. The van der Waals surface area contributed by atoms with Crippen LogP contribution in [0.25, 0.3) is 0 Å². The summed E-state index contributed by atoms with van der Waals surface area (Å²) in [5.41, 5.74) is 0.784. The standard InChI is InChI=1S/C13H19I2NO3S/c1-4-5-20-12-7(2)10-9(8(3)18-14)6-16(10)11(12)13(17)19-15/h7-10H,4-6H2,1-3H3. The first-order valence-corrected chi connectivity index (χ1v) is 9.55. The number of rotatable bonds is 6. The molecule has 0 aromatic carbocycles. The van der Waals surface area contributed by atoms with Gasteiger partial charge in [-0.3, -0.25) is 0 Å². The summed E-state index contributed by atoms with van der Waals surface area (Å²) in [7, 11) is 0. The van der Waals surface area contributed by atoms with Gasteiger partial charge in [0.05, 0.1) is 6.10 Å². The zero-order valence-corrected chi connectivity index (χ0v) is 16.9. The monoisotopic (exact) mass is 523 g/mol. The molecule has 4 atom stereocenters. The Morgan fingerprint density at radius 1 is 1.55 bits per heavy atom. The summed E-state index contributed by atoms with van der Waals surface area (Å²) < 4.78 is 10.4. The van der Waals surface area contributed by atoms with Gasteiger partial charge in [0.25, 0.3) is 0 Å². The molecule has 2 aliphatic heterocycles. The Morgan fingerprint density at radius 2 is 2.25 bits per heavy atom. The third kappa shape index (κ3) is 2.96. The molecule has 0 aromatic rings. The molecule has 2 rings (SSSR count). The van der Waals surface area contributed by atoms with Crippen LogP contribution in [0, 0.1) is 11.8 Å². The van der Waals surface area contributed by atoms with Crippen molar-refractivity contribution >= 4 is 63.7 Å². The van der Waals surface area contributed by atoms with Crippen molar-refractivity contribution in [2.24, 2.45) is 11.8 Å². The van der Waals surface area contributed by atoms with Gasteiger partial charge < -0.3 is 11.0 Å². The maximum Gasteiger partial charge on any atom is 0.364 e. The zero-order valence-electron chi connectivity index (χ0n) is 11.8. The SMILES string of the molecule is CCCSC1=C(C(=O)OI)N2CC(C(C)OI)C2C1C. The number of carbonyl (C=O) groups is 1. The van der Waals surface area contributed by atoms with Crippen molar-refractivity contribution in [2.45, 2.75) is 39.3 Å². The fourth-order valence-corrected chi connectivity index (χ4v) is 4.85. The minimum Gasteiger partial charge on any atom is -0.390 e. The number of hydrogen-bond donors (Lipinski definition) is 0. The topological polar surface area (TPSA) is 38.8 Å². The first-order chi connectivity index (χ1) is 9.56. The van der Waals surface area contributed by atoms with E-state index in [1.165, 1.54) is 4.91 Å². The first kappa shape index (κ1) is 17.1. The molecule has 0 N–H and O–H groups in total. The van der Waals surface area contributed by atoms with Crippen LogP contribution in [0.4, 0.5) is 0 Å². The van der Waals surface area contributed by atoms with Gasteiger partial charge >= 0.3 is 5.97 Å². The van der Waals surface area contributed by atoms with Gasteiger partial charge in [-0.05, 0) is 19.1 Å². The van der Waals surface area contributed by atoms with Crippen molar-refractivity contribution in [2.75, 3.05) is 12.3 Å². The lowest BCUT2D eigenvalue weighted by Crippen LogP contribution is -2.59. The van der Waals surface area contributed by atoms with Crippen molar-refractivity contribution in [3.63, 3.8) is 0 Å². The summed E-state index contributed by atoms with van der Waals surface area (Å²) in [4.78, 5) is 15.5. The van der Waals surface area contributed by atoms with Crippen molar-refractivity contribution in [3.05, 3.63) is 10.6 Å². The summed E-state index contributed by atoms with van der Waals surface area (Å²) in [5.74, 6) is 1.70. The minimum atomic E-state index is -0.208. The summed E-state index contributed by atoms with van der Waals surface area (Å²) >= 11 is 5.45. The zero-order chi connectivity index (χ0) is 14.9. The predicted octanol–water partition coefficient (Wildman–Crippen LogP) is 3.94. The van der Waals surface area contributed by atoms with Crippen LogP contribution in [0.5, 0.6) is 0 Å². The lowest BCUT2D eigenvalue weighted by molar-refractivity contribution is -0.131. The number of hydrogen-bond acceptors (Lipinski definition) is 5. The lowest BCUT2D eigenvalue weighted by Gasteiger charge is -2.49. The van der Waals surface area contributed by atoms with E-state index in [1.807, 2.05) is 23.0 Å². The van der Waals surface area contributed by atoms with Crippen LogP contribution in [0.15, 0.2) is 10.6 Å². The number of thioether (sulfide) groups is 1. The Labute approximate surface area is 152 Å². The summed E-state index contributed by atoms with van der Waals surface area (Å²) in [6, 6.07) is 0.379. The molecular weight excluding hydrogens is 504 g/mol. The van der Waals surface area contributed by atoms with Gasteiger partial charge in [-0.25, -0.2) is 4.79 Å². The molecule has 0 radical (unpaired) electrons. The highest BCUT2D eigenvalue weighted by Crippen LogP contribution is 2.50. The predicted molar refractivity (Wildman–Crippen MR) is 97.6 cm³/mol. The van der Waals surface area contributed by atoms with E-state index in [-0.39, 0.29) is 12.1 Å². The van der Waals surface area contributed by atoms with Crippen LogP contribution in [0.2, 0.25) is 0 Å². The Morgan fingerprint density at radius 3 is 2.80 bits per heavy atom. The van der Waals surface area contributed by atoms with Crippen molar-refractivity contribution < 1.29 is 10.9 Å². The molecule has 7 heteroatoms. The molecule has 0 saturated carbocycles. The molecule has 0 bridgehead atoms. The Kier molecular flexibility index (Phi) is 6.31. The summed E-state index contributed by atoms with van der Waals surface area (Å²) in [6.07, 6.45) is 1.32. The van der Waals surface area contributed by atoms with E-state index in [4.69, 9.17) is 6.13 Å². The van der Waals surface area contributed by atoms with Gasteiger partial charge in [0, 0.05) is 29.3 Å². The highest BCUT2D eigenvalue weighted by atomic mass is 127. The molecule has 0 spiro atoms. The normalized spacial score (nSPS) is 30.1. The Hall–Kier alpha value is 0.780.